The van der Waals surface area contributed by atoms with Crippen molar-refractivity contribution in [2.24, 2.45) is 0 Å². The van der Waals surface area contributed by atoms with Crippen LogP contribution < -0.4 is 4.74 Å². The van der Waals surface area contributed by atoms with E-state index in [9.17, 15) is 9.18 Å². The number of carbonyl (C=O) groups is 1. The van der Waals surface area contributed by atoms with Crippen molar-refractivity contribution < 1.29 is 13.9 Å². The molecule has 0 radical (unpaired) electrons. The lowest BCUT2D eigenvalue weighted by atomic mass is 10.2. The van der Waals surface area contributed by atoms with E-state index in [0.29, 0.717) is 8.59 Å². The zero-order valence-corrected chi connectivity index (χ0v) is 11.8. The van der Waals surface area contributed by atoms with Gasteiger partial charge < -0.3 is 4.74 Å². The van der Waals surface area contributed by atoms with Gasteiger partial charge in [-0.15, -0.1) is 0 Å². The van der Waals surface area contributed by atoms with Gasteiger partial charge in [-0.3, -0.25) is 4.98 Å². The zero-order valence-electron chi connectivity index (χ0n) is 8.86. The van der Waals surface area contributed by atoms with Crippen LogP contribution in [0.5, 0.6) is 5.75 Å². The van der Waals surface area contributed by atoms with Crippen LogP contribution >= 0.6 is 34.2 Å². The maximum atomic E-state index is 13.5. The smallest absolute Gasteiger partial charge is 0.346 e. The van der Waals surface area contributed by atoms with Crippen LogP contribution in [0.3, 0.4) is 0 Å². The van der Waals surface area contributed by atoms with Crippen LogP contribution in [-0.2, 0) is 0 Å². The topological polar surface area (TPSA) is 39.2 Å². The number of nitrogens with zero attached hydrogens (tertiary/aromatic N) is 1. The van der Waals surface area contributed by atoms with Crippen molar-refractivity contribution in [2.45, 2.75) is 0 Å². The first-order chi connectivity index (χ1) is 8.56. The largest absolute Gasteiger partial charge is 0.421 e. The van der Waals surface area contributed by atoms with Crippen LogP contribution in [0.2, 0.25) is 5.02 Å². The Morgan fingerprint density at radius 2 is 2.11 bits per heavy atom. The molecule has 0 aliphatic carbocycles. The summed E-state index contributed by atoms with van der Waals surface area (Å²) < 4.78 is 19.2. The van der Waals surface area contributed by atoms with Gasteiger partial charge in [-0.25, -0.2) is 9.18 Å². The molecular formula is C12H6ClFINO2. The van der Waals surface area contributed by atoms with Crippen LogP contribution in [0.1, 0.15) is 10.4 Å². The van der Waals surface area contributed by atoms with Gasteiger partial charge in [-0.2, -0.15) is 0 Å². The lowest BCUT2D eigenvalue weighted by Crippen LogP contribution is -2.11. The Bertz CT molecular complexity index is 606. The second kappa shape index (κ2) is 5.62. The van der Waals surface area contributed by atoms with Gasteiger partial charge in [0.15, 0.2) is 5.75 Å². The Kier molecular flexibility index (Phi) is 4.13. The molecule has 0 spiro atoms. The molecule has 3 nitrogen and oxygen atoms in total. The molecule has 0 aliphatic rings. The fourth-order valence-electron chi connectivity index (χ4n) is 1.27. The molecule has 0 saturated heterocycles. The van der Waals surface area contributed by atoms with E-state index in [-0.39, 0.29) is 11.3 Å². The summed E-state index contributed by atoms with van der Waals surface area (Å²) in [6.45, 7) is 0. The molecule has 0 fully saturated rings. The van der Waals surface area contributed by atoms with E-state index >= 15 is 0 Å². The SMILES string of the molecule is O=C(Oc1cncc(Cl)c1)c1ccc(I)cc1F. The van der Waals surface area contributed by atoms with E-state index in [1.807, 2.05) is 22.6 Å². The molecule has 0 unspecified atom stereocenters. The van der Waals surface area contributed by atoms with E-state index in [1.54, 1.807) is 6.07 Å². The van der Waals surface area contributed by atoms with Crippen molar-refractivity contribution in [3.8, 4) is 5.75 Å². The number of rotatable bonds is 2. The minimum Gasteiger partial charge on any atom is -0.421 e. The van der Waals surface area contributed by atoms with Crippen molar-refractivity contribution in [1.29, 1.82) is 0 Å². The van der Waals surface area contributed by atoms with Crippen LogP contribution in [-0.4, -0.2) is 11.0 Å². The molecule has 0 N–H and O–H groups in total. The number of carbonyl (C=O) groups excluding carboxylic acids is 1. The summed E-state index contributed by atoms with van der Waals surface area (Å²) in [5, 5.41) is 0.336. The minimum absolute atomic E-state index is 0.129. The number of pyridine rings is 1. The molecule has 0 aliphatic heterocycles. The summed E-state index contributed by atoms with van der Waals surface area (Å²) in [4.78, 5) is 15.5. The molecule has 2 aromatic rings. The second-order valence-corrected chi connectivity index (χ2v) is 5.03. The molecular weight excluding hydrogens is 371 g/mol. The highest BCUT2D eigenvalue weighted by molar-refractivity contribution is 14.1. The molecule has 1 heterocycles. The molecule has 1 aromatic carbocycles. The molecule has 6 heteroatoms. The Balaban J connectivity index is 2.22. The van der Waals surface area contributed by atoms with Gasteiger partial charge >= 0.3 is 5.97 Å². The lowest BCUT2D eigenvalue weighted by molar-refractivity contribution is 0.0729. The number of benzene rings is 1. The molecule has 0 bridgehead atoms. The molecule has 18 heavy (non-hydrogen) atoms. The Morgan fingerprint density at radius 3 is 2.78 bits per heavy atom. The molecule has 1 aromatic heterocycles. The predicted octanol–water partition coefficient (Wildman–Crippen LogP) is 3.70. The highest BCUT2D eigenvalue weighted by atomic mass is 127. The standard InChI is InChI=1S/C12H6ClFINO2/c13-7-3-9(6-16-5-7)18-12(17)10-2-1-8(15)4-11(10)14/h1-6H. The number of ether oxygens (including phenoxy) is 1. The van der Waals surface area contributed by atoms with E-state index < -0.39 is 11.8 Å². The van der Waals surface area contributed by atoms with Gasteiger partial charge in [0.05, 0.1) is 16.8 Å². The van der Waals surface area contributed by atoms with Crippen LogP contribution in [0, 0.1) is 9.39 Å². The van der Waals surface area contributed by atoms with Crippen LogP contribution in [0.15, 0.2) is 36.7 Å². The van der Waals surface area contributed by atoms with Gasteiger partial charge in [0.2, 0.25) is 0 Å². The third-order valence-corrected chi connectivity index (χ3v) is 2.92. The number of aromatic nitrogens is 1. The van der Waals surface area contributed by atoms with Crippen molar-refractivity contribution in [1.82, 2.24) is 4.98 Å². The van der Waals surface area contributed by atoms with Crippen LogP contribution in [0.25, 0.3) is 0 Å². The van der Waals surface area contributed by atoms with Crippen LogP contribution in [0.4, 0.5) is 4.39 Å². The minimum atomic E-state index is -0.784. The maximum absolute atomic E-state index is 13.5. The highest BCUT2D eigenvalue weighted by Gasteiger charge is 2.14. The van der Waals surface area contributed by atoms with Crippen molar-refractivity contribution in [3.05, 3.63) is 56.6 Å². The number of hydrogen-bond donors (Lipinski definition) is 0. The summed E-state index contributed by atoms with van der Waals surface area (Å²) in [5.74, 6) is -1.24. The first kappa shape index (κ1) is 13.2. The Morgan fingerprint density at radius 1 is 1.33 bits per heavy atom. The third kappa shape index (κ3) is 3.17. The average Bonchev–Trinajstić information content (AvgIpc) is 2.28. The number of esters is 1. The summed E-state index contributed by atoms with van der Waals surface area (Å²) in [6.07, 6.45) is 2.73. The first-order valence-corrected chi connectivity index (χ1v) is 6.30. The second-order valence-electron chi connectivity index (χ2n) is 3.35. The van der Waals surface area contributed by atoms with Gasteiger partial charge in [0.25, 0.3) is 0 Å². The Hall–Kier alpha value is -1.21. The quantitative estimate of drug-likeness (QED) is 0.592. The van der Waals surface area contributed by atoms with Crippen molar-refractivity contribution >= 4 is 40.2 Å². The molecule has 0 atom stereocenters. The number of hydrogen-bond acceptors (Lipinski definition) is 3. The molecule has 92 valence electrons. The fourth-order valence-corrected chi connectivity index (χ4v) is 1.88. The van der Waals surface area contributed by atoms with Gasteiger partial charge in [0.1, 0.15) is 5.82 Å². The van der Waals surface area contributed by atoms with E-state index in [1.165, 1.54) is 30.6 Å². The van der Waals surface area contributed by atoms with Gasteiger partial charge in [-0.05, 0) is 40.8 Å². The lowest BCUT2D eigenvalue weighted by Gasteiger charge is -2.05. The maximum Gasteiger partial charge on any atom is 0.346 e. The molecule has 0 amide bonds. The summed E-state index contributed by atoms with van der Waals surface area (Å²) in [7, 11) is 0. The monoisotopic (exact) mass is 377 g/mol. The summed E-state index contributed by atoms with van der Waals surface area (Å²) >= 11 is 7.65. The van der Waals surface area contributed by atoms with E-state index in [4.69, 9.17) is 16.3 Å². The van der Waals surface area contributed by atoms with Crippen molar-refractivity contribution in [3.63, 3.8) is 0 Å². The predicted molar refractivity (Wildman–Crippen MR) is 73.3 cm³/mol. The molecule has 0 saturated carbocycles. The average molecular weight is 378 g/mol. The fraction of sp³-hybridized carbons (Fsp3) is 0. The van der Waals surface area contributed by atoms with Gasteiger partial charge in [0, 0.05) is 15.8 Å². The zero-order chi connectivity index (χ0) is 13.1. The molecule has 2 rings (SSSR count). The highest BCUT2D eigenvalue weighted by Crippen LogP contribution is 2.18. The third-order valence-electron chi connectivity index (χ3n) is 2.04. The Labute approximate surface area is 121 Å². The summed E-state index contributed by atoms with van der Waals surface area (Å²) in [5.41, 5.74) is -0.129. The van der Waals surface area contributed by atoms with E-state index in [0.717, 1.165) is 0 Å². The normalized spacial score (nSPS) is 10.2. The summed E-state index contributed by atoms with van der Waals surface area (Å²) in [6, 6.07) is 5.68. The van der Waals surface area contributed by atoms with E-state index in [2.05, 4.69) is 4.98 Å². The number of halogens is 3. The first-order valence-electron chi connectivity index (χ1n) is 4.84. The van der Waals surface area contributed by atoms with Crippen molar-refractivity contribution in [2.75, 3.05) is 0 Å². The van der Waals surface area contributed by atoms with Gasteiger partial charge in [-0.1, -0.05) is 11.6 Å².